The molecule has 2 amide bonds. The van der Waals surface area contributed by atoms with Crippen molar-refractivity contribution < 1.29 is 23.5 Å². The number of carbonyl (C=O) groups excluding carboxylic acids is 2. The van der Waals surface area contributed by atoms with Crippen LogP contribution in [-0.4, -0.2) is 60.4 Å². The Kier molecular flexibility index (Phi) is 8.24. The third kappa shape index (κ3) is 6.66. The van der Waals surface area contributed by atoms with Crippen molar-refractivity contribution in [2.45, 2.75) is 26.2 Å². The van der Waals surface area contributed by atoms with Crippen LogP contribution in [0.3, 0.4) is 0 Å². The average molecular weight is 483 g/mol. The maximum atomic E-state index is 13.7. The van der Waals surface area contributed by atoms with Gasteiger partial charge in [-0.25, -0.2) is 9.07 Å². The van der Waals surface area contributed by atoms with Crippen LogP contribution in [0.5, 0.6) is 5.75 Å². The van der Waals surface area contributed by atoms with Crippen LogP contribution < -0.4 is 10.1 Å². The van der Waals surface area contributed by atoms with Gasteiger partial charge in [0.15, 0.2) is 0 Å². The van der Waals surface area contributed by atoms with E-state index in [0.717, 1.165) is 17.4 Å². The molecule has 8 nitrogen and oxygen atoms in total. The number of benzene rings is 2. The van der Waals surface area contributed by atoms with E-state index < -0.39 is 17.6 Å². The summed E-state index contributed by atoms with van der Waals surface area (Å²) in [5, 5.41) is 7.58. The number of aromatic nitrogens is 2. The molecule has 0 atom stereocenters. The standard InChI is InChI=1S/C26H31FN4O4/c1-26(2,3)22-16-23(31(29-22)20-9-11-21(35-5)12-10-20)28-24(32)17-30(13-14-34-4)25(33)18-7-6-8-19(27)15-18/h6-12,15-16H,13-14,17H2,1-5H3,(H,28,32). The minimum absolute atomic E-state index is 0.159. The maximum Gasteiger partial charge on any atom is 0.254 e. The van der Waals surface area contributed by atoms with Crippen LogP contribution in [0.2, 0.25) is 0 Å². The third-order valence-electron chi connectivity index (χ3n) is 5.32. The number of halogens is 1. The van der Waals surface area contributed by atoms with E-state index in [2.05, 4.69) is 5.32 Å². The topological polar surface area (TPSA) is 85.7 Å². The molecule has 0 aliphatic carbocycles. The number of nitrogens with one attached hydrogen (secondary N) is 1. The lowest BCUT2D eigenvalue weighted by Crippen LogP contribution is -2.40. The fourth-order valence-electron chi connectivity index (χ4n) is 3.37. The van der Waals surface area contributed by atoms with Gasteiger partial charge in [-0.15, -0.1) is 0 Å². The van der Waals surface area contributed by atoms with Crippen molar-refractivity contribution in [2.75, 3.05) is 39.2 Å². The van der Waals surface area contributed by atoms with Gasteiger partial charge in [-0.2, -0.15) is 5.10 Å². The first kappa shape index (κ1) is 25.9. The molecule has 3 rings (SSSR count). The summed E-state index contributed by atoms with van der Waals surface area (Å²) < 4.78 is 25.6. The molecule has 2 aromatic carbocycles. The van der Waals surface area contributed by atoms with Crippen molar-refractivity contribution in [1.82, 2.24) is 14.7 Å². The number of anilines is 1. The van der Waals surface area contributed by atoms with E-state index in [1.165, 1.54) is 30.2 Å². The molecule has 0 spiro atoms. The summed E-state index contributed by atoms with van der Waals surface area (Å²) in [5.41, 5.74) is 1.43. The molecule has 1 aromatic heterocycles. The average Bonchev–Trinajstić information content (AvgIpc) is 3.25. The fourth-order valence-corrected chi connectivity index (χ4v) is 3.37. The summed E-state index contributed by atoms with van der Waals surface area (Å²) >= 11 is 0. The van der Waals surface area contributed by atoms with Crippen molar-refractivity contribution in [3.63, 3.8) is 0 Å². The summed E-state index contributed by atoms with van der Waals surface area (Å²) in [6.45, 7) is 6.25. The van der Waals surface area contributed by atoms with Crippen LogP contribution in [0.15, 0.2) is 54.6 Å². The van der Waals surface area contributed by atoms with Gasteiger partial charge in [0, 0.05) is 30.7 Å². The van der Waals surface area contributed by atoms with Crippen LogP contribution >= 0.6 is 0 Å². The van der Waals surface area contributed by atoms with Gasteiger partial charge in [-0.3, -0.25) is 9.59 Å². The monoisotopic (exact) mass is 482 g/mol. The molecule has 3 aromatic rings. The summed E-state index contributed by atoms with van der Waals surface area (Å²) in [6.07, 6.45) is 0. The van der Waals surface area contributed by atoms with Crippen molar-refractivity contribution in [1.29, 1.82) is 0 Å². The van der Waals surface area contributed by atoms with Gasteiger partial charge in [-0.05, 0) is 42.5 Å². The zero-order valence-electron chi connectivity index (χ0n) is 20.7. The van der Waals surface area contributed by atoms with Crippen LogP contribution in [0, 0.1) is 5.82 Å². The lowest BCUT2D eigenvalue weighted by atomic mass is 9.92. The zero-order valence-corrected chi connectivity index (χ0v) is 20.7. The molecule has 0 bridgehead atoms. The Morgan fingerprint density at radius 2 is 1.80 bits per heavy atom. The highest BCUT2D eigenvalue weighted by Crippen LogP contribution is 2.27. The number of rotatable bonds is 9. The number of carbonyl (C=O) groups is 2. The molecule has 0 saturated heterocycles. The van der Waals surface area contributed by atoms with Gasteiger partial charge in [0.1, 0.15) is 23.9 Å². The number of amides is 2. The Morgan fingerprint density at radius 1 is 1.09 bits per heavy atom. The van der Waals surface area contributed by atoms with Crippen LogP contribution in [0.4, 0.5) is 10.2 Å². The van der Waals surface area contributed by atoms with Gasteiger partial charge in [0.25, 0.3) is 5.91 Å². The number of methoxy groups -OCH3 is 2. The Morgan fingerprint density at radius 3 is 2.40 bits per heavy atom. The highest BCUT2D eigenvalue weighted by molar-refractivity contribution is 5.99. The highest BCUT2D eigenvalue weighted by Gasteiger charge is 2.23. The summed E-state index contributed by atoms with van der Waals surface area (Å²) in [5.74, 6) is -0.232. The number of hydrogen-bond acceptors (Lipinski definition) is 5. The van der Waals surface area contributed by atoms with Crippen molar-refractivity contribution in [3.8, 4) is 11.4 Å². The minimum atomic E-state index is -0.523. The van der Waals surface area contributed by atoms with E-state index >= 15 is 0 Å². The molecule has 186 valence electrons. The summed E-state index contributed by atoms with van der Waals surface area (Å²) in [6, 6.07) is 14.5. The molecule has 0 fully saturated rings. The SMILES string of the molecule is COCCN(CC(=O)Nc1cc(C(C)(C)C)nn1-c1ccc(OC)cc1)C(=O)c1cccc(F)c1. The lowest BCUT2D eigenvalue weighted by molar-refractivity contribution is -0.117. The Bertz CT molecular complexity index is 1170. The first-order valence-electron chi connectivity index (χ1n) is 11.2. The first-order chi connectivity index (χ1) is 16.6. The number of ether oxygens (including phenoxy) is 2. The van der Waals surface area contributed by atoms with Gasteiger partial charge >= 0.3 is 0 Å². The second-order valence-electron chi connectivity index (χ2n) is 9.05. The third-order valence-corrected chi connectivity index (χ3v) is 5.32. The minimum Gasteiger partial charge on any atom is -0.497 e. The second-order valence-corrected chi connectivity index (χ2v) is 9.05. The molecule has 0 radical (unpaired) electrons. The Balaban J connectivity index is 1.86. The fraction of sp³-hybridized carbons (Fsp3) is 0.346. The van der Waals surface area contributed by atoms with E-state index in [-0.39, 0.29) is 30.7 Å². The molecule has 0 saturated carbocycles. The van der Waals surface area contributed by atoms with Crippen molar-refractivity contribution >= 4 is 17.6 Å². The highest BCUT2D eigenvalue weighted by atomic mass is 19.1. The van der Waals surface area contributed by atoms with Crippen molar-refractivity contribution in [2.24, 2.45) is 0 Å². The molecule has 1 heterocycles. The predicted molar refractivity (Wildman–Crippen MR) is 132 cm³/mol. The van der Waals surface area contributed by atoms with Crippen LogP contribution in [0.1, 0.15) is 36.8 Å². The zero-order chi connectivity index (χ0) is 25.6. The van der Waals surface area contributed by atoms with E-state index in [4.69, 9.17) is 14.6 Å². The first-order valence-corrected chi connectivity index (χ1v) is 11.2. The van der Waals surface area contributed by atoms with E-state index in [9.17, 15) is 14.0 Å². The van der Waals surface area contributed by atoms with E-state index in [1.54, 1.807) is 11.8 Å². The molecule has 0 aliphatic heterocycles. The lowest BCUT2D eigenvalue weighted by Gasteiger charge is -2.22. The maximum absolute atomic E-state index is 13.7. The van der Waals surface area contributed by atoms with E-state index in [0.29, 0.717) is 11.6 Å². The molecule has 0 unspecified atom stereocenters. The Hall–Kier alpha value is -3.72. The number of nitrogens with zero attached hydrogens (tertiary/aromatic N) is 3. The van der Waals surface area contributed by atoms with E-state index in [1.807, 2.05) is 51.1 Å². The largest absolute Gasteiger partial charge is 0.497 e. The second kappa shape index (κ2) is 11.1. The van der Waals surface area contributed by atoms with Gasteiger partial charge in [0.05, 0.1) is 25.1 Å². The van der Waals surface area contributed by atoms with Crippen LogP contribution in [-0.2, 0) is 14.9 Å². The molecule has 9 heteroatoms. The van der Waals surface area contributed by atoms with Gasteiger partial charge < -0.3 is 19.7 Å². The van der Waals surface area contributed by atoms with Gasteiger partial charge in [-0.1, -0.05) is 26.8 Å². The normalized spacial score (nSPS) is 11.3. The van der Waals surface area contributed by atoms with Gasteiger partial charge in [0.2, 0.25) is 5.91 Å². The molecular weight excluding hydrogens is 451 g/mol. The predicted octanol–water partition coefficient (Wildman–Crippen LogP) is 4.04. The Labute approximate surface area is 204 Å². The molecule has 1 N–H and O–H groups in total. The quantitative estimate of drug-likeness (QED) is 0.498. The smallest absolute Gasteiger partial charge is 0.254 e. The molecule has 35 heavy (non-hydrogen) atoms. The van der Waals surface area contributed by atoms with Crippen LogP contribution in [0.25, 0.3) is 5.69 Å². The molecular formula is C26H31FN4O4. The number of hydrogen-bond donors (Lipinski definition) is 1. The van der Waals surface area contributed by atoms with Crippen molar-refractivity contribution in [3.05, 3.63) is 71.7 Å². The summed E-state index contributed by atoms with van der Waals surface area (Å²) in [4.78, 5) is 27.3. The molecule has 0 aliphatic rings. The summed E-state index contributed by atoms with van der Waals surface area (Å²) in [7, 11) is 3.10.